The van der Waals surface area contributed by atoms with Gasteiger partial charge in [0, 0.05) is 30.4 Å². The second kappa shape index (κ2) is 9.75. The molecule has 0 radical (unpaired) electrons. The first kappa shape index (κ1) is 24.0. The fraction of sp³-hybridized carbons (Fsp3) is 0.259. The van der Waals surface area contributed by atoms with Crippen molar-refractivity contribution in [2.45, 2.75) is 23.8 Å². The highest BCUT2D eigenvalue weighted by Gasteiger charge is 2.45. The zero-order valence-electron chi connectivity index (χ0n) is 19.6. The van der Waals surface area contributed by atoms with Crippen LogP contribution in [0.25, 0.3) is 11.3 Å². The third-order valence-corrected chi connectivity index (χ3v) is 8.73. The van der Waals surface area contributed by atoms with Crippen molar-refractivity contribution < 1.29 is 22.4 Å². The van der Waals surface area contributed by atoms with Crippen LogP contribution in [0, 0.1) is 11.8 Å². The number of rotatable bonds is 7. The molecule has 0 bridgehead atoms. The van der Waals surface area contributed by atoms with E-state index >= 15 is 0 Å². The molecule has 1 saturated heterocycles. The predicted molar refractivity (Wildman–Crippen MR) is 136 cm³/mol. The number of fused-ring (bicyclic) bond motifs is 1. The van der Waals surface area contributed by atoms with Crippen molar-refractivity contribution in [1.29, 1.82) is 0 Å². The van der Waals surface area contributed by atoms with Gasteiger partial charge in [-0.05, 0) is 67.2 Å². The van der Waals surface area contributed by atoms with E-state index in [0.29, 0.717) is 24.5 Å². The van der Waals surface area contributed by atoms with Gasteiger partial charge < -0.3 is 15.1 Å². The Bertz CT molecular complexity index is 1370. The average Bonchev–Trinajstić information content (AvgIpc) is 3.60. The number of benzene rings is 2. The lowest BCUT2D eigenvalue weighted by atomic mass is 10.0. The minimum Gasteiger partial charge on any atom is -0.451 e. The smallest absolute Gasteiger partial charge is 0.291 e. The molecule has 2 N–H and O–H groups in total. The van der Waals surface area contributed by atoms with Gasteiger partial charge in [-0.3, -0.25) is 9.59 Å². The van der Waals surface area contributed by atoms with E-state index in [2.05, 4.69) is 17.2 Å². The lowest BCUT2D eigenvalue weighted by Gasteiger charge is -2.19. The Labute approximate surface area is 210 Å². The maximum atomic E-state index is 13.2. The van der Waals surface area contributed by atoms with E-state index in [9.17, 15) is 18.0 Å². The minimum atomic E-state index is -3.65. The van der Waals surface area contributed by atoms with Gasteiger partial charge in [0.2, 0.25) is 15.9 Å². The number of carbonyl (C=O) groups excluding carboxylic acids is 2. The van der Waals surface area contributed by atoms with E-state index in [1.54, 1.807) is 24.3 Å². The number of anilines is 1. The molecule has 2 aromatic carbocycles. The average molecular weight is 506 g/mol. The molecule has 9 heteroatoms. The largest absolute Gasteiger partial charge is 0.451 e. The number of carbonyl (C=O) groups is 2. The van der Waals surface area contributed by atoms with Gasteiger partial charge in [-0.1, -0.05) is 36.9 Å². The van der Waals surface area contributed by atoms with Crippen LogP contribution in [0.4, 0.5) is 5.69 Å². The first-order valence-electron chi connectivity index (χ1n) is 11.8. The molecule has 2 heterocycles. The monoisotopic (exact) mass is 505 g/mol. The maximum absolute atomic E-state index is 13.2. The van der Waals surface area contributed by atoms with Crippen LogP contribution in [0.1, 0.15) is 23.4 Å². The summed E-state index contributed by atoms with van der Waals surface area (Å²) in [6.45, 7) is 4.35. The fourth-order valence-electron chi connectivity index (χ4n) is 5.10. The van der Waals surface area contributed by atoms with Crippen molar-refractivity contribution in [3.05, 3.63) is 85.1 Å². The van der Waals surface area contributed by atoms with E-state index in [1.807, 2.05) is 30.3 Å². The number of nitrogens with zero attached hydrogens (tertiary/aromatic N) is 1. The van der Waals surface area contributed by atoms with Gasteiger partial charge in [0.1, 0.15) is 5.76 Å². The number of sulfonamides is 1. The Kier molecular flexibility index (Phi) is 6.51. The molecule has 36 heavy (non-hydrogen) atoms. The van der Waals surface area contributed by atoms with E-state index in [0.717, 1.165) is 18.4 Å². The highest BCUT2D eigenvalue weighted by Crippen LogP contribution is 2.40. The molecule has 2 amide bonds. The first-order valence-corrected chi connectivity index (χ1v) is 13.3. The fourth-order valence-corrected chi connectivity index (χ4v) is 6.65. The van der Waals surface area contributed by atoms with Crippen molar-refractivity contribution in [3.8, 4) is 11.3 Å². The van der Waals surface area contributed by atoms with Gasteiger partial charge in [-0.15, -0.1) is 0 Å². The van der Waals surface area contributed by atoms with Crippen LogP contribution < -0.4 is 10.6 Å². The third kappa shape index (κ3) is 4.84. The number of hydrogen-bond donors (Lipinski definition) is 2. The Hall–Kier alpha value is -3.69. The molecule has 2 unspecified atom stereocenters. The minimum absolute atomic E-state index is 0.0659. The molecule has 5 rings (SSSR count). The van der Waals surface area contributed by atoms with Gasteiger partial charge in [0.15, 0.2) is 5.76 Å². The summed E-state index contributed by atoms with van der Waals surface area (Å²) < 4.78 is 33.6. The van der Waals surface area contributed by atoms with Crippen LogP contribution in [-0.4, -0.2) is 43.7 Å². The lowest BCUT2D eigenvalue weighted by Crippen LogP contribution is -2.35. The van der Waals surface area contributed by atoms with Gasteiger partial charge in [0.05, 0.1) is 4.90 Å². The molecule has 2 atom stereocenters. The molecule has 0 spiro atoms. The normalized spacial score (nSPS) is 21.6. The Morgan fingerprint density at radius 1 is 0.944 bits per heavy atom. The molecular weight excluding hydrogens is 478 g/mol. The predicted octanol–water partition coefficient (Wildman–Crippen LogP) is 3.90. The van der Waals surface area contributed by atoms with E-state index in [4.69, 9.17) is 4.42 Å². The Morgan fingerprint density at radius 2 is 1.61 bits per heavy atom. The topological polar surface area (TPSA) is 109 Å². The number of hydrogen-bond acceptors (Lipinski definition) is 5. The Balaban J connectivity index is 1.20. The quantitative estimate of drug-likeness (QED) is 0.474. The van der Waals surface area contributed by atoms with E-state index in [-0.39, 0.29) is 34.4 Å². The summed E-state index contributed by atoms with van der Waals surface area (Å²) >= 11 is 0. The van der Waals surface area contributed by atoms with Crippen molar-refractivity contribution in [1.82, 2.24) is 9.62 Å². The van der Waals surface area contributed by atoms with Gasteiger partial charge in [-0.25, -0.2) is 8.42 Å². The SMILES string of the molecule is C=CC(=O)NC1CC2CN(S(=O)(=O)c3ccc(NC(=O)c4ccc(-c5ccccc5)o4)cc3)CC2C1. The van der Waals surface area contributed by atoms with Crippen molar-refractivity contribution >= 4 is 27.5 Å². The number of furan rings is 1. The van der Waals surface area contributed by atoms with Crippen LogP contribution >= 0.6 is 0 Å². The molecule has 3 aromatic rings. The second-order valence-corrected chi connectivity index (χ2v) is 11.2. The van der Waals surface area contributed by atoms with E-state index in [1.165, 1.54) is 22.5 Å². The van der Waals surface area contributed by atoms with Crippen molar-refractivity contribution in [2.24, 2.45) is 11.8 Å². The highest BCUT2D eigenvalue weighted by molar-refractivity contribution is 7.89. The van der Waals surface area contributed by atoms with Gasteiger partial charge in [0.25, 0.3) is 5.91 Å². The van der Waals surface area contributed by atoms with Crippen LogP contribution in [0.3, 0.4) is 0 Å². The van der Waals surface area contributed by atoms with Gasteiger partial charge in [-0.2, -0.15) is 4.31 Å². The van der Waals surface area contributed by atoms with Crippen LogP contribution in [0.2, 0.25) is 0 Å². The van der Waals surface area contributed by atoms with Crippen LogP contribution in [0.15, 0.2) is 88.7 Å². The van der Waals surface area contributed by atoms with Crippen LogP contribution in [0.5, 0.6) is 0 Å². The van der Waals surface area contributed by atoms with E-state index < -0.39 is 15.9 Å². The third-order valence-electron chi connectivity index (χ3n) is 6.89. The maximum Gasteiger partial charge on any atom is 0.291 e. The summed E-state index contributed by atoms with van der Waals surface area (Å²) in [5.74, 6) is 0.590. The van der Waals surface area contributed by atoms with Crippen LogP contribution in [-0.2, 0) is 14.8 Å². The second-order valence-electron chi connectivity index (χ2n) is 9.23. The number of amides is 2. The zero-order chi connectivity index (χ0) is 25.3. The summed E-state index contributed by atoms with van der Waals surface area (Å²) in [6, 6.07) is 19.0. The molecular formula is C27H27N3O5S. The summed E-state index contributed by atoms with van der Waals surface area (Å²) in [5, 5.41) is 5.67. The molecule has 1 saturated carbocycles. The lowest BCUT2D eigenvalue weighted by molar-refractivity contribution is -0.117. The number of nitrogens with one attached hydrogen (secondary N) is 2. The molecule has 2 fully saturated rings. The van der Waals surface area contributed by atoms with Crippen molar-refractivity contribution in [3.63, 3.8) is 0 Å². The van der Waals surface area contributed by atoms with Crippen molar-refractivity contribution in [2.75, 3.05) is 18.4 Å². The molecule has 1 aliphatic heterocycles. The summed E-state index contributed by atoms with van der Waals surface area (Å²) in [7, 11) is -3.65. The zero-order valence-corrected chi connectivity index (χ0v) is 20.4. The summed E-state index contributed by atoms with van der Waals surface area (Å²) in [6.07, 6.45) is 2.79. The van der Waals surface area contributed by atoms with Gasteiger partial charge >= 0.3 is 0 Å². The summed E-state index contributed by atoms with van der Waals surface area (Å²) in [4.78, 5) is 24.4. The molecule has 186 valence electrons. The summed E-state index contributed by atoms with van der Waals surface area (Å²) in [5.41, 5.74) is 1.34. The molecule has 1 aromatic heterocycles. The molecule has 2 aliphatic rings. The first-order chi connectivity index (χ1) is 17.3. The molecule has 1 aliphatic carbocycles. The highest BCUT2D eigenvalue weighted by atomic mass is 32.2. The molecule has 8 nitrogen and oxygen atoms in total. The Morgan fingerprint density at radius 3 is 2.25 bits per heavy atom. The standard InChI is InChI=1S/C27H27N3O5S/c1-2-26(31)28-22-14-19-16-30(17-20(19)15-22)36(33,34)23-10-8-21(9-11-23)29-27(32)25-13-12-24(35-25)18-6-4-3-5-7-18/h2-13,19-20,22H,1,14-17H2,(H,28,31)(H,29,32).